The largest absolute Gasteiger partial charge is 0.393 e. The van der Waals surface area contributed by atoms with Crippen LogP contribution in [0.5, 0.6) is 0 Å². The van der Waals surface area contributed by atoms with E-state index in [0.29, 0.717) is 16.6 Å². The molecule has 1 rings (SSSR count). The van der Waals surface area contributed by atoms with Crippen LogP contribution in [0.25, 0.3) is 0 Å². The first-order chi connectivity index (χ1) is 6.02. The van der Waals surface area contributed by atoms with E-state index in [1.165, 1.54) is 0 Å². The van der Waals surface area contributed by atoms with Crippen LogP contribution < -0.4 is 5.73 Å². The molecule has 13 heavy (non-hydrogen) atoms. The summed E-state index contributed by atoms with van der Waals surface area (Å²) >= 11 is 10.7. The van der Waals surface area contributed by atoms with E-state index in [2.05, 4.69) is 5.10 Å². The van der Waals surface area contributed by atoms with Crippen LogP contribution in [0, 0.1) is 12.8 Å². The Morgan fingerprint density at radius 2 is 2.46 bits per heavy atom. The monoisotopic (exact) mass is 217 g/mol. The van der Waals surface area contributed by atoms with Crippen LogP contribution in [-0.2, 0) is 6.54 Å². The van der Waals surface area contributed by atoms with Crippen LogP contribution in [0.15, 0.2) is 6.20 Å². The van der Waals surface area contributed by atoms with Gasteiger partial charge in [-0.2, -0.15) is 5.10 Å². The van der Waals surface area contributed by atoms with Crippen molar-refractivity contribution in [3.63, 3.8) is 0 Å². The van der Waals surface area contributed by atoms with Gasteiger partial charge in [0.15, 0.2) is 0 Å². The minimum atomic E-state index is 0.143. The molecule has 1 aromatic rings. The van der Waals surface area contributed by atoms with Gasteiger partial charge in [0.25, 0.3) is 0 Å². The molecule has 3 nitrogen and oxygen atoms in total. The minimum Gasteiger partial charge on any atom is -0.393 e. The van der Waals surface area contributed by atoms with Crippen LogP contribution in [0.3, 0.4) is 0 Å². The Balaban J connectivity index is 2.74. The summed E-state index contributed by atoms with van der Waals surface area (Å²) in [6, 6.07) is 0. The van der Waals surface area contributed by atoms with Crippen molar-refractivity contribution in [1.82, 2.24) is 9.78 Å². The summed E-state index contributed by atoms with van der Waals surface area (Å²) in [7, 11) is 0. The molecule has 0 spiro atoms. The average molecular weight is 218 g/mol. The lowest BCUT2D eigenvalue weighted by Crippen LogP contribution is -2.23. The Morgan fingerprint density at radius 1 is 1.85 bits per heavy atom. The maximum absolute atomic E-state index is 5.84. The highest BCUT2D eigenvalue weighted by atomic mass is 35.5. The number of rotatable bonds is 3. The second kappa shape index (κ2) is 4.07. The third-order valence-corrected chi connectivity index (χ3v) is 2.75. The van der Waals surface area contributed by atoms with Crippen molar-refractivity contribution in [3.8, 4) is 0 Å². The first kappa shape index (κ1) is 10.5. The van der Waals surface area contributed by atoms with Gasteiger partial charge in [0, 0.05) is 5.92 Å². The van der Waals surface area contributed by atoms with Crippen molar-refractivity contribution in [1.29, 1.82) is 0 Å². The molecular formula is C8H12ClN3S. The molecule has 0 radical (unpaired) electrons. The number of thiocarbonyl (C=S) groups is 1. The van der Waals surface area contributed by atoms with E-state index in [4.69, 9.17) is 29.6 Å². The van der Waals surface area contributed by atoms with Gasteiger partial charge in [-0.3, -0.25) is 4.68 Å². The van der Waals surface area contributed by atoms with E-state index < -0.39 is 0 Å². The summed E-state index contributed by atoms with van der Waals surface area (Å²) in [5, 5.41) is 4.78. The average Bonchev–Trinajstić information content (AvgIpc) is 2.36. The molecule has 0 saturated carbocycles. The molecule has 0 bridgehead atoms. The molecule has 0 aliphatic heterocycles. The summed E-state index contributed by atoms with van der Waals surface area (Å²) in [6.45, 7) is 4.58. The van der Waals surface area contributed by atoms with E-state index in [-0.39, 0.29) is 5.92 Å². The first-order valence-electron chi connectivity index (χ1n) is 3.99. The fourth-order valence-corrected chi connectivity index (χ4v) is 1.17. The summed E-state index contributed by atoms with van der Waals surface area (Å²) in [4.78, 5) is 0.506. The van der Waals surface area contributed by atoms with Gasteiger partial charge in [-0.1, -0.05) is 30.7 Å². The molecule has 0 saturated heterocycles. The topological polar surface area (TPSA) is 43.8 Å². The quantitative estimate of drug-likeness (QED) is 0.785. The lowest BCUT2D eigenvalue weighted by molar-refractivity contribution is 0.531. The van der Waals surface area contributed by atoms with Gasteiger partial charge >= 0.3 is 0 Å². The highest BCUT2D eigenvalue weighted by Gasteiger charge is 2.09. The molecule has 2 N–H and O–H groups in total. The maximum Gasteiger partial charge on any atom is 0.0814 e. The molecule has 1 atom stereocenters. The summed E-state index contributed by atoms with van der Waals surface area (Å²) in [5.74, 6) is 0.143. The fourth-order valence-electron chi connectivity index (χ4n) is 0.957. The molecule has 5 heteroatoms. The lowest BCUT2D eigenvalue weighted by atomic mass is 10.2. The maximum atomic E-state index is 5.84. The van der Waals surface area contributed by atoms with E-state index in [1.807, 2.05) is 18.5 Å². The predicted octanol–water partition coefficient (Wildman–Crippen LogP) is 1.77. The Kier molecular flexibility index (Phi) is 3.27. The van der Waals surface area contributed by atoms with Gasteiger partial charge in [0.05, 0.1) is 28.4 Å². The molecule has 0 fully saturated rings. The SMILES string of the molecule is Cc1c(Cl)cnn1CC(C)C(N)=S. The van der Waals surface area contributed by atoms with Gasteiger partial charge in [0.2, 0.25) is 0 Å². The molecule has 1 unspecified atom stereocenters. The number of nitrogens with two attached hydrogens (primary N) is 1. The third-order valence-electron chi connectivity index (χ3n) is 1.98. The van der Waals surface area contributed by atoms with Crippen LogP contribution in [0.1, 0.15) is 12.6 Å². The number of hydrogen-bond donors (Lipinski definition) is 1. The van der Waals surface area contributed by atoms with Crippen LogP contribution in [0.2, 0.25) is 5.02 Å². The van der Waals surface area contributed by atoms with E-state index >= 15 is 0 Å². The van der Waals surface area contributed by atoms with Crippen molar-refractivity contribution in [2.45, 2.75) is 20.4 Å². The smallest absolute Gasteiger partial charge is 0.0814 e. The van der Waals surface area contributed by atoms with E-state index in [9.17, 15) is 0 Å². The minimum absolute atomic E-state index is 0.143. The standard InChI is InChI=1S/C8H12ClN3S/c1-5(8(10)13)4-12-6(2)7(9)3-11-12/h3,5H,4H2,1-2H3,(H2,10,13). The van der Waals surface area contributed by atoms with Gasteiger partial charge < -0.3 is 5.73 Å². The Morgan fingerprint density at radius 3 is 2.85 bits per heavy atom. The second-order valence-electron chi connectivity index (χ2n) is 3.06. The van der Waals surface area contributed by atoms with Crippen LogP contribution in [-0.4, -0.2) is 14.8 Å². The van der Waals surface area contributed by atoms with Gasteiger partial charge in [-0.05, 0) is 6.92 Å². The Labute approximate surface area is 87.9 Å². The van der Waals surface area contributed by atoms with E-state index in [0.717, 1.165) is 5.69 Å². The van der Waals surface area contributed by atoms with Crippen molar-refractivity contribution < 1.29 is 0 Å². The highest BCUT2D eigenvalue weighted by Crippen LogP contribution is 2.14. The zero-order chi connectivity index (χ0) is 10.0. The summed E-state index contributed by atoms with van der Waals surface area (Å²) < 4.78 is 1.81. The van der Waals surface area contributed by atoms with Crippen molar-refractivity contribution in [3.05, 3.63) is 16.9 Å². The van der Waals surface area contributed by atoms with Gasteiger partial charge in [-0.15, -0.1) is 0 Å². The molecule has 0 amide bonds. The zero-order valence-corrected chi connectivity index (χ0v) is 9.19. The third kappa shape index (κ3) is 2.42. The number of aromatic nitrogens is 2. The number of halogens is 1. The molecular weight excluding hydrogens is 206 g/mol. The number of nitrogens with zero attached hydrogens (tertiary/aromatic N) is 2. The summed E-state index contributed by atoms with van der Waals surface area (Å²) in [6.07, 6.45) is 1.63. The Bertz CT molecular complexity index is 321. The van der Waals surface area contributed by atoms with Crippen molar-refractivity contribution in [2.75, 3.05) is 0 Å². The van der Waals surface area contributed by atoms with Crippen LogP contribution >= 0.6 is 23.8 Å². The number of hydrogen-bond acceptors (Lipinski definition) is 2. The fraction of sp³-hybridized carbons (Fsp3) is 0.500. The zero-order valence-electron chi connectivity index (χ0n) is 7.62. The summed E-state index contributed by atoms with van der Waals surface area (Å²) in [5.41, 5.74) is 6.45. The normalized spacial score (nSPS) is 12.8. The van der Waals surface area contributed by atoms with Crippen molar-refractivity contribution in [2.24, 2.45) is 11.7 Å². The molecule has 72 valence electrons. The second-order valence-corrected chi connectivity index (χ2v) is 3.94. The van der Waals surface area contributed by atoms with E-state index in [1.54, 1.807) is 6.20 Å². The molecule has 0 aromatic carbocycles. The molecule has 1 aromatic heterocycles. The predicted molar refractivity (Wildman–Crippen MR) is 57.9 cm³/mol. The van der Waals surface area contributed by atoms with Gasteiger partial charge in [-0.25, -0.2) is 0 Å². The molecule has 1 heterocycles. The van der Waals surface area contributed by atoms with Crippen LogP contribution in [0.4, 0.5) is 0 Å². The lowest BCUT2D eigenvalue weighted by Gasteiger charge is -2.10. The van der Waals surface area contributed by atoms with Gasteiger partial charge in [0.1, 0.15) is 0 Å². The van der Waals surface area contributed by atoms with Crippen molar-refractivity contribution >= 4 is 28.8 Å². The molecule has 0 aliphatic rings. The Hall–Kier alpha value is -0.610. The highest BCUT2D eigenvalue weighted by molar-refractivity contribution is 7.80. The molecule has 0 aliphatic carbocycles. The first-order valence-corrected chi connectivity index (χ1v) is 4.78.